The third-order valence-electron chi connectivity index (χ3n) is 1.11. The van der Waals surface area contributed by atoms with Crippen LogP contribution in [0.3, 0.4) is 0 Å². The monoisotopic (exact) mass is 184 g/mol. The van der Waals surface area contributed by atoms with Gasteiger partial charge in [0.1, 0.15) is 0 Å². The van der Waals surface area contributed by atoms with Crippen LogP contribution in [-0.4, -0.2) is 20.5 Å². The Kier molecular flexibility index (Phi) is 1.90. The predicted molar refractivity (Wildman–Crippen MR) is 34.5 cm³/mol. The summed E-state index contributed by atoms with van der Waals surface area (Å²) in [6.07, 6.45) is 0. The van der Waals surface area contributed by atoms with Crippen molar-refractivity contribution in [2.24, 2.45) is 10.2 Å². The lowest BCUT2D eigenvalue weighted by molar-refractivity contribution is -0.465. The SMILES string of the molecule is [N-]=[N+]=C1N=NC([N+](=O)[O-])=C1[N+](=O)[O-]. The van der Waals surface area contributed by atoms with Gasteiger partial charge in [-0.15, -0.1) is 0 Å². The van der Waals surface area contributed by atoms with Crippen molar-refractivity contribution in [2.45, 2.75) is 0 Å². The van der Waals surface area contributed by atoms with Gasteiger partial charge in [-0.3, -0.25) is 14.9 Å². The van der Waals surface area contributed by atoms with Crippen LogP contribution in [0.1, 0.15) is 0 Å². The van der Waals surface area contributed by atoms with Crippen molar-refractivity contribution in [2.75, 3.05) is 0 Å². The third-order valence-corrected chi connectivity index (χ3v) is 1.11. The Hall–Kier alpha value is -2.48. The summed E-state index contributed by atoms with van der Waals surface area (Å²) in [6.45, 7) is 0. The average molecular weight is 184 g/mol. The van der Waals surface area contributed by atoms with Crippen LogP contribution in [0.15, 0.2) is 21.7 Å². The molecular weight excluding hydrogens is 184 g/mol. The minimum absolute atomic E-state index is 0.781. The maximum Gasteiger partial charge on any atom is 0.539 e. The summed E-state index contributed by atoms with van der Waals surface area (Å²) < 4.78 is 0. The summed E-state index contributed by atoms with van der Waals surface area (Å²) in [6, 6.07) is 0. The lowest BCUT2D eigenvalue weighted by atomic mass is 10.4. The van der Waals surface area contributed by atoms with Gasteiger partial charge in [-0.2, -0.15) is 0 Å². The van der Waals surface area contributed by atoms with E-state index in [2.05, 4.69) is 15.0 Å². The molecule has 0 unspecified atom stereocenters. The van der Waals surface area contributed by atoms with Crippen LogP contribution in [0.25, 0.3) is 5.53 Å². The summed E-state index contributed by atoms with van der Waals surface area (Å²) in [5.74, 6) is -1.82. The molecule has 1 heterocycles. The quantitative estimate of drug-likeness (QED) is 0.253. The maximum absolute atomic E-state index is 10.2. The van der Waals surface area contributed by atoms with Gasteiger partial charge in [-0.25, -0.2) is 0 Å². The molecule has 0 aromatic heterocycles. The first-order chi connectivity index (χ1) is 6.07. The molecular formula is C3N6O4. The smallest absolute Gasteiger partial charge is 0.497 e. The normalized spacial score (nSPS) is 14.6. The Morgan fingerprint density at radius 3 is 2.23 bits per heavy atom. The molecule has 0 atom stereocenters. The van der Waals surface area contributed by atoms with Crippen LogP contribution in [0.4, 0.5) is 0 Å². The van der Waals surface area contributed by atoms with Crippen LogP contribution < -0.4 is 0 Å². The molecule has 0 saturated carbocycles. The Morgan fingerprint density at radius 1 is 1.23 bits per heavy atom. The van der Waals surface area contributed by atoms with E-state index in [9.17, 15) is 20.2 Å². The van der Waals surface area contributed by atoms with Gasteiger partial charge in [0, 0.05) is 0 Å². The van der Waals surface area contributed by atoms with E-state index in [1.54, 1.807) is 0 Å². The third kappa shape index (κ3) is 1.28. The topological polar surface area (TPSA) is 147 Å². The van der Waals surface area contributed by atoms with E-state index in [-0.39, 0.29) is 0 Å². The van der Waals surface area contributed by atoms with Crippen LogP contribution in [-0.2, 0) is 0 Å². The predicted octanol–water partition coefficient (Wildman–Crippen LogP) is -0.197. The minimum Gasteiger partial charge on any atom is -0.497 e. The molecule has 0 fully saturated rings. The van der Waals surface area contributed by atoms with E-state index in [4.69, 9.17) is 5.53 Å². The first-order valence-corrected chi connectivity index (χ1v) is 2.75. The van der Waals surface area contributed by atoms with E-state index in [0.717, 1.165) is 0 Å². The standard InChI is InChI=1S/C3N6O4/c4-5-2-1(8(10)11)3(7-6-2)9(12)13. The van der Waals surface area contributed by atoms with Crippen molar-refractivity contribution in [3.05, 3.63) is 37.3 Å². The fourth-order valence-corrected chi connectivity index (χ4v) is 0.643. The van der Waals surface area contributed by atoms with Gasteiger partial charge in [-0.05, 0) is 4.92 Å². The van der Waals surface area contributed by atoms with Crippen LogP contribution in [0, 0.1) is 20.2 Å². The van der Waals surface area contributed by atoms with Crippen LogP contribution in [0.5, 0.6) is 0 Å². The number of amidine groups is 1. The number of hydrogen-bond acceptors (Lipinski definition) is 5. The highest BCUT2D eigenvalue weighted by Gasteiger charge is 2.50. The van der Waals surface area contributed by atoms with Gasteiger partial charge in [0.2, 0.25) is 10.2 Å². The molecule has 1 aliphatic heterocycles. The highest BCUT2D eigenvalue weighted by molar-refractivity contribution is 5.93. The van der Waals surface area contributed by atoms with Crippen LogP contribution >= 0.6 is 0 Å². The Balaban J connectivity index is 3.36. The van der Waals surface area contributed by atoms with E-state index >= 15 is 0 Å². The van der Waals surface area contributed by atoms with Crippen LogP contribution in [0.2, 0.25) is 0 Å². The molecule has 10 nitrogen and oxygen atoms in total. The van der Waals surface area contributed by atoms with E-state index in [0.29, 0.717) is 0 Å². The fraction of sp³-hybridized carbons (Fsp3) is 0. The molecule has 0 aromatic carbocycles. The summed E-state index contributed by atoms with van der Waals surface area (Å²) >= 11 is 0. The fourth-order valence-electron chi connectivity index (χ4n) is 0.643. The van der Waals surface area contributed by atoms with E-state index in [1.807, 2.05) is 0 Å². The number of azo groups is 1. The largest absolute Gasteiger partial charge is 0.539 e. The minimum atomic E-state index is -1.09. The molecule has 0 radical (unpaired) electrons. The van der Waals surface area contributed by atoms with Crippen molar-refractivity contribution in [3.8, 4) is 0 Å². The van der Waals surface area contributed by atoms with Crippen molar-refractivity contribution in [1.29, 1.82) is 0 Å². The number of rotatable bonds is 2. The molecule has 0 saturated heterocycles. The van der Waals surface area contributed by atoms with Gasteiger partial charge < -0.3 is 15.6 Å². The second-order valence-corrected chi connectivity index (χ2v) is 1.81. The van der Waals surface area contributed by atoms with Crippen molar-refractivity contribution >= 4 is 5.84 Å². The zero-order valence-electron chi connectivity index (χ0n) is 5.82. The molecule has 1 aliphatic rings. The maximum atomic E-state index is 10.2. The summed E-state index contributed by atoms with van der Waals surface area (Å²) in [7, 11) is 0. The zero-order chi connectivity index (χ0) is 10.0. The average Bonchev–Trinajstić information content (AvgIpc) is 2.46. The summed E-state index contributed by atoms with van der Waals surface area (Å²) in [5.41, 5.74) is 7.14. The van der Waals surface area contributed by atoms with Crippen molar-refractivity contribution < 1.29 is 14.6 Å². The van der Waals surface area contributed by atoms with Gasteiger partial charge in [0.25, 0.3) is 0 Å². The molecule has 0 spiro atoms. The van der Waals surface area contributed by atoms with Crippen molar-refractivity contribution in [3.63, 3.8) is 0 Å². The number of nitrogens with zero attached hydrogens (tertiary/aromatic N) is 6. The van der Waals surface area contributed by atoms with Gasteiger partial charge >= 0.3 is 17.4 Å². The van der Waals surface area contributed by atoms with E-state index in [1.165, 1.54) is 0 Å². The molecule has 0 bridgehead atoms. The first-order valence-electron chi connectivity index (χ1n) is 2.75. The van der Waals surface area contributed by atoms with E-state index < -0.39 is 27.2 Å². The molecule has 0 amide bonds. The van der Waals surface area contributed by atoms with Gasteiger partial charge in [0.15, 0.2) is 0 Å². The Bertz CT molecular complexity index is 400. The Morgan fingerprint density at radius 2 is 1.85 bits per heavy atom. The molecule has 1 rings (SSSR count). The first kappa shape index (κ1) is 8.62. The molecule has 13 heavy (non-hydrogen) atoms. The molecule has 0 aromatic rings. The lowest BCUT2D eigenvalue weighted by Gasteiger charge is -1.84. The number of nitro groups is 2. The highest BCUT2D eigenvalue weighted by atomic mass is 16.6. The Labute approximate surface area is 69.1 Å². The summed E-state index contributed by atoms with van der Waals surface area (Å²) in [5, 5.41) is 26.1. The zero-order valence-corrected chi connectivity index (χ0v) is 5.82. The van der Waals surface area contributed by atoms with Gasteiger partial charge in [0.05, 0.1) is 4.92 Å². The number of hydrogen-bond donors (Lipinski definition) is 0. The van der Waals surface area contributed by atoms with Gasteiger partial charge in [-0.1, -0.05) is 0 Å². The lowest BCUT2D eigenvalue weighted by Crippen LogP contribution is -2.11. The molecule has 0 N–H and O–H groups in total. The second-order valence-electron chi connectivity index (χ2n) is 1.81. The molecule has 66 valence electrons. The highest BCUT2D eigenvalue weighted by Crippen LogP contribution is 2.16. The second kappa shape index (κ2) is 2.87. The van der Waals surface area contributed by atoms with Crippen molar-refractivity contribution in [1.82, 2.24) is 0 Å². The molecule has 0 aliphatic carbocycles. The molecule has 10 heteroatoms. The summed E-state index contributed by atoms with van der Waals surface area (Å²) in [4.78, 5) is 20.5.